The van der Waals surface area contributed by atoms with Crippen LogP contribution >= 0.6 is 15.9 Å². The topological polar surface area (TPSA) is 72.9 Å². The first kappa shape index (κ1) is 26.4. The van der Waals surface area contributed by atoms with E-state index in [2.05, 4.69) is 15.9 Å². The van der Waals surface area contributed by atoms with E-state index in [9.17, 15) is 14.4 Å². The first-order valence-corrected chi connectivity index (χ1v) is 14.5. The van der Waals surface area contributed by atoms with Gasteiger partial charge in [-0.25, -0.2) is 0 Å². The highest BCUT2D eigenvalue weighted by Crippen LogP contribution is 2.62. The Hall–Kier alpha value is -4.49. The lowest BCUT2D eigenvalue weighted by atomic mass is 9.64. The fourth-order valence-corrected chi connectivity index (χ4v) is 7.53. The number of benzene rings is 4. The molecule has 0 N–H and O–H groups in total. The number of hydrogen-bond donors (Lipinski definition) is 0. The molecule has 208 valence electrons. The quantitative estimate of drug-likeness (QED) is 0.181. The number of ketones is 3. The average Bonchev–Trinajstić information content (AvgIpc) is 3.46. The summed E-state index contributed by atoms with van der Waals surface area (Å²) >= 11 is 3.57. The van der Waals surface area contributed by atoms with Gasteiger partial charge in [0.15, 0.2) is 17.3 Å². The lowest BCUT2D eigenvalue weighted by Gasteiger charge is -2.37. The van der Waals surface area contributed by atoms with E-state index in [4.69, 9.17) is 9.47 Å². The van der Waals surface area contributed by atoms with Crippen LogP contribution in [-0.2, 0) is 0 Å². The van der Waals surface area contributed by atoms with E-state index in [0.717, 1.165) is 15.7 Å². The highest BCUT2D eigenvalue weighted by atomic mass is 79.9. The summed E-state index contributed by atoms with van der Waals surface area (Å²) in [6.45, 7) is 0. The van der Waals surface area contributed by atoms with Crippen molar-refractivity contribution < 1.29 is 23.9 Å². The molecule has 4 aromatic rings. The maximum absolute atomic E-state index is 14.8. The fraction of sp³-hybridized carbons (Fsp3) is 0.171. The highest BCUT2D eigenvalue weighted by molar-refractivity contribution is 9.10. The van der Waals surface area contributed by atoms with Crippen LogP contribution in [0, 0.1) is 5.41 Å². The molecule has 7 rings (SSSR count). The number of rotatable bonds is 5. The molecule has 1 spiro atoms. The van der Waals surface area contributed by atoms with Gasteiger partial charge < -0.3 is 14.4 Å². The smallest absolute Gasteiger partial charge is 0.185 e. The van der Waals surface area contributed by atoms with Crippen LogP contribution in [0.4, 0.5) is 5.69 Å². The molecular formula is C35H26BrNO5. The van der Waals surface area contributed by atoms with Gasteiger partial charge in [-0.3, -0.25) is 14.4 Å². The molecule has 0 aromatic heterocycles. The van der Waals surface area contributed by atoms with Gasteiger partial charge in [0.2, 0.25) is 0 Å². The molecule has 7 heteroatoms. The minimum absolute atomic E-state index is 0.187. The molecule has 1 aliphatic carbocycles. The van der Waals surface area contributed by atoms with Crippen molar-refractivity contribution >= 4 is 45.0 Å². The molecule has 4 aromatic carbocycles. The van der Waals surface area contributed by atoms with Gasteiger partial charge in [-0.15, -0.1) is 0 Å². The minimum atomic E-state index is -1.63. The molecule has 1 unspecified atom stereocenters. The van der Waals surface area contributed by atoms with E-state index in [1.165, 1.54) is 0 Å². The van der Waals surface area contributed by atoms with Gasteiger partial charge in [-0.1, -0.05) is 82.7 Å². The molecule has 0 amide bonds. The number of methoxy groups -OCH3 is 2. The van der Waals surface area contributed by atoms with Gasteiger partial charge in [0.1, 0.15) is 23.0 Å². The Balaban J connectivity index is 1.59. The summed E-state index contributed by atoms with van der Waals surface area (Å²) in [5.74, 6) is -0.655. The van der Waals surface area contributed by atoms with Gasteiger partial charge in [-0.2, -0.15) is 0 Å². The lowest BCUT2D eigenvalue weighted by Crippen LogP contribution is -2.48. The summed E-state index contributed by atoms with van der Waals surface area (Å²) < 4.78 is 12.3. The molecule has 3 aliphatic rings. The molecule has 1 fully saturated rings. The maximum atomic E-state index is 14.8. The Morgan fingerprint density at radius 2 is 1.52 bits per heavy atom. The molecule has 1 saturated heterocycles. The Bertz CT molecular complexity index is 1780. The molecule has 42 heavy (non-hydrogen) atoms. The van der Waals surface area contributed by atoms with Crippen molar-refractivity contribution in [3.8, 4) is 11.5 Å². The number of anilines is 1. The van der Waals surface area contributed by atoms with Crippen LogP contribution < -0.4 is 14.4 Å². The van der Waals surface area contributed by atoms with Crippen LogP contribution in [0.2, 0.25) is 0 Å². The molecule has 6 nitrogen and oxygen atoms in total. The molecule has 3 atom stereocenters. The second-order valence-corrected chi connectivity index (χ2v) is 11.7. The first-order valence-electron chi connectivity index (χ1n) is 13.7. The molecular weight excluding hydrogens is 594 g/mol. The Morgan fingerprint density at radius 1 is 0.833 bits per heavy atom. The second kappa shape index (κ2) is 9.81. The fourth-order valence-electron chi connectivity index (χ4n) is 7.15. The number of hydrogen-bond acceptors (Lipinski definition) is 6. The molecule has 2 aliphatic heterocycles. The number of halogens is 1. The SMILES string of the molecule is COc1ccc(OC)c([C@@H]2[C@@H](C(=O)c3ccccc3)N3c4ccc(Br)cc4C=CC3C23C(=O)c2ccccc2C3=O)c1. The van der Waals surface area contributed by atoms with Crippen LogP contribution in [0.15, 0.2) is 102 Å². The van der Waals surface area contributed by atoms with Gasteiger partial charge >= 0.3 is 0 Å². The molecule has 2 heterocycles. The highest BCUT2D eigenvalue weighted by Gasteiger charge is 2.72. The first-order chi connectivity index (χ1) is 20.4. The van der Waals surface area contributed by atoms with E-state index >= 15 is 0 Å². The molecule has 0 saturated carbocycles. The predicted molar refractivity (Wildman–Crippen MR) is 164 cm³/mol. The van der Waals surface area contributed by atoms with Crippen molar-refractivity contribution in [3.63, 3.8) is 0 Å². The molecule has 0 radical (unpaired) electrons. The summed E-state index contributed by atoms with van der Waals surface area (Å²) in [6.07, 6.45) is 3.86. The summed E-state index contributed by atoms with van der Waals surface area (Å²) in [5.41, 5.74) is 1.85. The summed E-state index contributed by atoms with van der Waals surface area (Å²) in [5, 5.41) is 0. The summed E-state index contributed by atoms with van der Waals surface area (Å²) in [6, 6.07) is 25.5. The van der Waals surface area contributed by atoms with Crippen molar-refractivity contribution in [2.45, 2.75) is 18.0 Å². The zero-order chi connectivity index (χ0) is 29.2. The van der Waals surface area contributed by atoms with Crippen molar-refractivity contribution in [2.24, 2.45) is 5.41 Å². The van der Waals surface area contributed by atoms with Crippen LogP contribution in [0.5, 0.6) is 11.5 Å². The van der Waals surface area contributed by atoms with E-state index < -0.39 is 23.4 Å². The second-order valence-electron chi connectivity index (χ2n) is 10.7. The normalized spacial score (nSPS) is 21.2. The standard InChI is InChI=1S/C35H26BrNO5/c1-41-23-14-16-28(42-2)26(19-23)30-31(32(38)20-8-4-3-5-9-20)37-27-15-13-22(36)18-21(27)12-17-29(37)35(30)33(39)24-10-6-7-11-25(24)34(35)40/h3-19,29-31H,1-2H3/t29?,30-,31+/m1/s1. The van der Waals surface area contributed by atoms with Crippen molar-refractivity contribution in [2.75, 3.05) is 19.1 Å². The summed E-state index contributed by atoms with van der Waals surface area (Å²) in [7, 11) is 3.11. The zero-order valence-corrected chi connectivity index (χ0v) is 24.5. The van der Waals surface area contributed by atoms with Crippen LogP contribution in [0.25, 0.3) is 6.08 Å². The third-order valence-electron chi connectivity index (χ3n) is 8.86. The average molecular weight is 620 g/mol. The number of fused-ring (bicyclic) bond motifs is 5. The summed E-state index contributed by atoms with van der Waals surface area (Å²) in [4.78, 5) is 46.4. The molecule has 0 bridgehead atoms. The zero-order valence-electron chi connectivity index (χ0n) is 22.9. The van der Waals surface area contributed by atoms with Crippen molar-refractivity contribution in [1.82, 2.24) is 0 Å². The Labute approximate surface area is 251 Å². The number of ether oxygens (including phenoxy) is 2. The number of nitrogens with zero attached hydrogens (tertiary/aromatic N) is 1. The van der Waals surface area contributed by atoms with Crippen LogP contribution in [0.1, 0.15) is 48.1 Å². The van der Waals surface area contributed by atoms with Gasteiger partial charge in [-0.05, 0) is 42.0 Å². The van der Waals surface area contributed by atoms with E-state index in [0.29, 0.717) is 33.8 Å². The lowest BCUT2D eigenvalue weighted by molar-refractivity contribution is 0.0664. The van der Waals surface area contributed by atoms with Gasteiger partial charge in [0, 0.05) is 38.3 Å². The van der Waals surface area contributed by atoms with Crippen molar-refractivity contribution in [1.29, 1.82) is 0 Å². The van der Waals surface area contributed by atoms with Crippen LogP contribution in [0.3, 0.4) is 0 Å². The third kappa shape index (κ3) is 3.53. The minimum Gasteiger partial charge on any atom is -0.497 e. The largest absolute Gasteiger partial charge is 0.497 e. The number of carbonyl (C=O) groups is 3. The Morgan fingerprint density at radius 3 is 2.19 bits per heavy atom. The monoisotopic (exact) mass is 619 g/mol. The van der Waals surface area contributed by atoms with E-state index in [1.54, 1.807) is 68.8 Å². The predicted octanol–water partition coefficient (Wildman–Crippen LogP) is 6.78. The van der Waals surface area contributed by atoms with Gasteiger partial charge in [0.25, 0.3) is 0 Å². The van der Waals surface area contributed by atoms with Gasteiger partial charge in [0.05, 0.1) is 20.3 Å². The number of carbonyl (C=O) groups excluding carboxylic acids is 3. The van der Waals surface area contributed by atoms with E-state index in [1.807, 2.05) is 53.5 Å². The van der Waals surface area contributed by atoms with Crippen LogP contribution in [-0.4, -0.2) is 43.7 Å². The van der Waals surface area contributed by atoms with E-state index in [-0.39, 0.29) is 17.3 Å². The number of Topliss-reactive ketones (excluding diaryl/α,β-unsaturated/α-hetero) is 3. The maximum Gasteiger partial charge on any atom is 0.185 e. The van der Waals surface area contributed by atoms with Crippen molar-refractivity contribution in [3.05, 3.63) is 129 Å². The third-order valence-corrected chi connectivity index (χ3v) is 9.36. The Kier molecular flexibility index (Phi) is 6.17.